The Kier molecular flexibility index (Phi) is 4.20. The largest absolute Gasteiger partial charge is 0.256 e. The molecule has 0 nitrogen and oxygen atoms in total. The molecule has 0 heterocycles. The van der Waals surface area contributed by atoms with Crippen LogP contribution in [0.4, 0.5) is 22.0 Å². The van der Waals surface area contributed by atoms with Crippen LogP contribution in [0.25, 0.3) is 0 Å². The molecule has 0 rings (SSSR count). The van der Waals surface area contributed by atoms with Crippen LogP contribution in [0.1, 0.15) is 12.8 Å². The van der Waals surface area contributed by atoms with Gasteiger partial charge in [-0.2, -0.15) is 0 Å². The van der Waals surface area contributed by atoms with E-state index in [9.17, 15) is 22.0 Å². The number of alkyl halides is 5. The minimum Gasteiger partial charge on any atom is -0.243 e. The summed E-state index contributed by atoms with van der Waals surface area (Å²) < 4.78 is 59.8. The third-order valence-corrected chi connectivity index (χ3v) is 1.20. The van der Waals surface area contributed by atoms with Crippen LogP contribution >= 0.6 is 0 Å². The van der Waals surface area contributed by atoms with Crippen molar-refractivity contribution in [3.05, 3.63) is 12.7 Å². The standard InChI is InChI=1S/C7H9F5/c1-2-5(8)3-7(11,12)4-6(9)10/h2,5-6H,1,3-4H2. The second-order valence-corrected chi connectivity index (χ2v) is 2.41. The van der Waals surface area contributed by atoms with Gasteiger partial charge in [0.1, 0.15) is 6.17 Å². The van der Waals surface area contributed by atoms with Gasteiger partial charge in [-0.25, -0.2) is 22.0 Å². The number of hydrogen-bond acceptors (Lipinski definition) is 0. The van der Waals surface area contributed by atoms with Crippen LogP contribution in [0.3, 0.4) is 0 Å². The number of allylic oxidation sites excluding steroid dienone is 1. The number of rotatable bonds is 5. The molecule has 0 aliphatic rings. The van der Waals surface area contributed by atoms with Crippen molar-refractivity contribution in [1.82, 2.24) is 0 Å². The van der Waals surface area contributed by atoms with Crippen molar-refractivity contribution in [3.63, 3.8) is 0 Å². The van der Waals surface area contributed by atoms with Gasteiger partial charge in [-0.1, -0.05) is 6.08 Å². The first-order chi connectivity index (χ1) is 5.37. The second-order valence-electron chi connectivity index (χ2n) is 2.41. The average Bonchev–Trinajstić information content (AvgIpc) is 1.83. The Morgan fingerprint density at radius 1 is 1.17 bits per heavy atom. The van der Waals surface area contributed by atoms with Gasteiger partial charge in [0.05, 0.1) is 6.42 Å². The Morgan fingerprint density at radius 2 is 1.67 bits per heavy atom. The molecular weight excluding hydrogens is 179 g/mol. The highest BCUT2D eigenvalue weighted by Gasteiger charge is 2.35. The minimum absolute atomic E-state index is 0.666. The smallest absolute Gasteiger partial charge is 0.243 e. The predicted molar refractivity (Wildman–Crippen MR) is 35.3 cm³/mol. The molecule has 0 aromatic rings. The summed E-state index contributed by atoms with van der Waals surface area (Å²) in [5, 5.41) is 0. The highest BCUT2D eigenvalue weighted by Crippen LogP contribution is 2.28. The summed E-state index contributed by atoms with van der Waals surface area (Å²) >= 11 is 0. The highest BCUT2D eigenvalue weighted by atomic mass is 19.3. The van der Waals surface area contributed by atoms with Crippen LogP contribution in [0.15, 0.2) is 12.7 Å². The van der Waals surface area contributed by atoms with Crippen molar-refractivity contribution >= 4 is 0 Å². The molecule has 0 spiro atoms. The molecule has 0 saturated heterocycles. The molecule has 5 heteroatoms. The molecule has 0 aromatic heterocycles. The maximum atomic E-state index is 12.3. The molecule has 0 bridgehead atoms. The molecule has 12 heavy (non-hydrogen) atoms. The first-order valence-corrected chi connectivity index (χ1v) is 3.30. The lowest BCUT2D eigenvalue weighted by molar-refractivity contribution is -0.0688. The Morgan fingerprint density at radius 3 is 2.00 bits per heavy atom. The van der Waals surface area contributed by atoms with Gasteiger partial charge in [0.2, 0.25) is 6.43 Å². The third kappa shape index (κ3) is 5.09. The number of hydrogen-bond donors (Lipinski definition) is 0. The average molecular weight is 188 g/mol. The van der Waals surface area contributed by atoms with Gasteiger partial charge in [-0.15, -0.1) is 6.58 Å². The van der Waals surface area contributed by atoms with E-state index in [0.29, 0.717) is 6.08 Å². The van der Waals surface area contributed by atoms with Gasteiger partial charge in [-0.3, -0.25) is 0 Å². The van der Waals surface area contributed by atoms with Crippen LogP contribution < -0.4 is 0 Å². The fraction of sp³-hybridized carbons (Fsp3) is 0.714. The van der Waals surface area contributed by atoms with E-state index < -0.39 is 31.4 Å². The van der Waals surface area contributed by atoms with Crippen molar-refractivity contribution in [3.8, 4) is 0 Å². The summed E-state index contributed by atoms with van der Waals surface area (Å²) in [4.78, 5) is 0. The van der Waals surface area contributed by atoms with Crippen LogP contribution in [-0.2, 0) is 0 Å². The Hall–Kier alpha value is -0.610. The molecule has 0 aromatic carbocycles. The maximum absolute atomic E-state index is 12.3. The van der Waals surface area contributed by atoms with Crippen LogP contribution in [0.2, 0.25) is 0 Å². The molecule has 0 aliphatic carbocycles. The van der Waals surface area contributed by atoms with Crippen molar-refractivity contribution < 1.29 is 22.0 Å². The van der Waals surface area contributed by atoms with E-state index >= 15 is 0 Å². The van der Waals surface area contributed by atoms with E-state index in [1.165, 1.54) is 0 Å². The molecule has 1 unspecified atom stereocenters. The molecule has 0 N–H and O–H groups in total. The Balaban J connectivity index is 3.93. The van der Waals surface area contributed by atoms with E-state index in [2.05, 4.69) is 6.58 Å². The second kappa shape index (κ2) is 4.42. The fourth-order valence-electron chi connectivity index (χ4n) is 0.678. The quantitative estimate of drug-likeness (QED) is 0.459. The first-order valence-electron chi connectivity index (χ1n) is 3.30. The van der Waals surface area contributed by atoms with Gasteiger partial charge >= 0.3 is 0 Å². The zero-order valence-corrected chi connectivity index (χ0v) is 6.24. The Bertz CT molecular complexity index is 143. The van der Waals surface area contributed by atoms with Gasteiger partial charge in [0.25, 0.3) is 5.92 Å². The van der Waals surface area contributed by atoms with Crippen molar-refractivity contribution in [2.75, 3.05) is 0 Å². The molecule has 0 amide bonds. The first kappa shape index (κ1) is 11.4. The van der Waals surface area contributed by atoms with E-state index in [1.54, 1.807) is 0 Å². The molecule has 0 saturated carbocycles. The zero-order valence-electron chi connectivity index (χ0n) is 6.24. The van der Waals surface area contributed by atoms with Crippen molar-refractivity contribution in [1.29, 1.82) is 0 Å². The lowest BCUT2D eigenvalue weighted by atomic mass is 10.1. The predicted octanol–water partition coefficient (Wildman–Crippen LogP) is 3.19. The van der Waals surface area contributed by atoms with E-state index in [-0.39, 0.29) is 0 Å². The normalized spacial score (nSPS) is 14.8. The van der Waals surface area contributed by atoms with Crippen molar-refractivity contribution in [2.45, 2.75) is 31.4 Å². The van der Waals surface area contributed by atoms with Gasteiger partial charge < -0.3 is 0 Å². The summed E-state index contributed by atoms with van der Waals surface area (Å²) in [6.45, 7) is 2.93. The fourth-order valence-corrected chi connectivity index (χ4v) is 0.678. The van der Waals surface area contributed by atoms with Gasteiger partial charge in [0, 0.05) is 6.42 Å². The summed E-state index contributed by atoms with van der Waals surface area (Å²) in [5.74, 6) is -3.65. The van der Waals surface area contributed by atoms with Crippen LogP contribution in [0, 0.1) is 0 Å². The van der Waals surface area contributed by atoms with Gasteiger partial charge in [0.15, 0.2) is 0 Å². The molecular formula is C7H9F5. The summed E-state index contributed by atoms with van der Waals surface area (Å²) in [5.41, 5.74) is 0. The third-order valence-electron chi connectivity index (χ3n) is 1.20. The summed E-state index contributed by atoms with van der Waals surface area (Å²) in [6.07, 6.45) is -7.20. The maximum Gasteiger partial charge on any atom is 0.256 e. The molecule has 0 radical (unpaired) electrons. The molecule has 72 valence electrons. The topological polar surface area (TPSA) is 0 Å². The van der Waals surface area contributed by atoms with E-state index in [4.69, 9.17) is 0 Å². The van der Waals surface area contributed by atoms with E-state index in [0.717, 1.165) is 0 Å². The van der Waals surface area contributed by atoms with Crippen LogP contribution in [-0.4, -0.2) is 18.5 Å². The molecule has 0 fully saturated rings. The van der Waals surface area contributed by atoms with Crippen molar-refractivity contribution in [2.24, 2.45) is 0 Å². The lowest BCUT2D eigenvalue weighted by Crippen LogP contribution is -2.23. The highest BCUT2D eigenvalue weighted by molar-refractivity contribution is 4.84. The number of halogens is 5. The monoisotopic (exact) mass is 188 g/mol. The van der Waals surface area contributed by atoms with Gasteiger partial charge in [-0.05, 0) is 0 Å². The molecule has 1 atom stereocenters. The minimum atomic E-state index is -3.65. The Labute approximate surface area is 67.1 Å². The van der Waals surface area contributed by atoms with Crippen LogP contribution in [0.5, 0.6) is 0 Å². The lowest BCUT2D eigenvalue weighted by Gasteiger charge is -2.16. The summed E-state index contributed by atoms with van der Waals surface area (Å²) in [7, 11) is 0. The summed E-state index contributed by atoms with van der Waals surface area (Å²) in [6, 6.07) is 0. The zero-order chi connectivity index (χ0) is 9.78. The molecule has 0 aliphatic heterocycles. The van der Waals surface area contributed by atoms with E-state index in [1.807, 2.05) is 0 Å². The SMILES string of the molecule is C=CC(F)CC(F)(F)CC(F)F.